The lowest BCUT2D eigenvalue weighted by Crippen LogP contribution is -2.32. The molecule has 0 spiro atoms. The summed E-state index contributed by atoms with van der Waals surface area (Å²) in [6, 6.07) is 0.289. The van der Waals surface area contributed by atoms with Crippen molar-refractivity contribution in [3.63, 3.8) is 0 Å². The third-order valence-corrected chi connectivity index (χ3v) is 3.57. The van der Waals surface area contributed by atoms with Gasteiger partial charge in [0.2, 0.25) is 0 Å². The predicted molar refractivity (Wildman–Crippen MR) is 80.9 cm³/mol. The number of ether oxygens (including phenoxy) is 1. The van der Waals surface area contributed by atoms with Crippen LogP contribution in [0.3, 0.4) is 0 Å². The summed E-state index contributed by atoms with van der Waals surface area (Å²) in [6.07, 6.45) is 5.86. The standard InChI is InChI=1S/C14H27NO2.C2H6/c1-10(2)4-5-11(3)17-14(16)12-6-8-13(15)9-7-12;1-2/h10-13H,4-9,15H2,1-3H3;1-2H3. The van der Waals surface area contributed by atoms with Gasteiger partial charge in [-0.1, -0.05) is 27.7 Å². The van der Waals surface area contributed by atoms with Gasteiger partial charge >= 0.3 is 5.97 Å². The Morgan fingerprint density at radius 1 is 1.11 bits per heavy atom. The molecule has 0 bridgehead atoms. The molecule has 0 saturated heterocycles. The second-order valence-electron chi connectivity index (χ2n) is 5.83. The van der Waals surface area contributed by atoms with Gasteiger partial charge in [0.1, 0.15) is 0 Å². The Bertz CT molecular complexity index is 233. The van der Waals surface area contributed by atoms with Crippen LogP contribution in [0.2, 0.25) is 0 Å². The predicted octanol–water partition coefficient (Wildman–Crippen LogP) is 3.90. The van der Waals surface area contributed by atoms with E-state index in [-0.39, 0.29) is 24.0 Å². The van der Waals surface area contributed by atoms with Gasteiger partial charge in [-0.25, -0.2) is 0 Å². The first-order valence-electron chi connectivity index (χ1n) is 7.95. The normalized spacial score (nSPS) is 24.4. The SMILES string of the molecule is CC.CC(C)CCC(C)OC(=O)C1CCC(N)CC1. The zero-order valence-corrected chi connectivity index (χ0v) is 13.4. The second kappa shape index (κ2) is 10.2. The van der Waals surface area contributed by atoms with Crippen LogP contribution in [0, 0.1) is 11.8 Å². The van der Waals surface area contributed by atoms with E-state index in [4.69, 9.17) is 10.5 Å². The summed E-state index contributed by atoms with van der Waals surface area (Å²) in [6.45, 7) is 10.4. The van der Waals surface area contributed by atoms with E-state index in [9.17, 15) is 4.79 Å². The Morgan fingerprint density at radius 3 is 2.11 bits per heavy atom. The van der Waals surface area contributed by atoms with Crippen LogP contribution in [-0.4, -0.2) is 18.1 Å². The molecule has 3 nitrogen and oxygen atoms in total. The third-order valence-electron chi connectivity index (χ3n) is 3.57. The first kappa shape index (κ1) is 18.4. The van der Waals surface area contributed by atoms with Crippen molar-refractivity contribution >= 4 is 5.97 Å². The number of carbonyl (C=O) groups is 1. The molecular formula is C16H33NO2. The van der Waals surface area contributed by atoms with E-state index < -0.39 is 0 Å². The first-order chi connectivity index (χ1) is 8.99. The fraction of sp³-hybridized carbons (Fsp3) is 0.938. The van der Waals surface area contributed by atoms with Crippen molar-refractivity contribution in [2.24, 2.45) is 17.6 Å². The van der Waals surface area contributed by atoms with E-state index in [0.717, 1.165) is 38.5 Å². The average Bonchev–Trinajstić information content (AvgIpc) is 2.39. The van der Waals surface area contributed by atoms with Crippen LogP contribution in [0.15, 0.2) is 0 Å². The van der Waals surface area contributed by atoms with E-state index in [1.165, 1.54) is 0 Å². The molecule has 0 aromatic rings. The Kier molecular flexibility index (Phi) is 9.94. The van der Waals surface area contributed by atoms with E-state index in [1.54, 1.807) is 0 Å². The van der Waals surface area contributed by atoms with Gasteiger partial charge in [0.15, 0.2) is 0 Å². The maximum absolute atomic E-state index is 11.9. The molecule has 1 rings (SSSR count). The highest BCUT2D eigenvalue weighted by molar-refractivity contribution is 5.72. The molecule has 0 aromatic carbocycles. The number of esters is 1. The minimum Gasteiger partial charge on any atom is -0.462 e. The number of carbonyl (C=O) groups excluding carboxylic acids is 1. The lowest BCUT2D eigenvalue weighted by atomic mass is 9.86. The fourth-order valence-corrected chi connectivity index (χ4v) is 2.28. The molecule has 0 heterocycles. The number of nitrogens with two attached hydrogens (primary N) is 1. The minimum absolute atomic E-state index is 0.00634. The molecule has 0 amide bonds. The molecule has 1 fully saturated rings. The number of hydrogen-bond donors (Lipinski definition) is 1. The Hall–Kier alpha value is -0.570. The largest absolute Gasteiger partial charge is 0.462 e. The lowest BCUT2D eigenvalue weighted by molar-refractivity contribution is -0.154. The molecule has 0 aliphatic heterocycles. The van der Waals surface area contributed by atoms with Gasteiger partial charge in [-0.05, 0) is 51.4 Å². The van der Waals surface area contributed by atoms with Gasteiger partial charge in [-0.15, -0.1) is 0 Å². The van der Waals surface area contributed by atoms with Crippen LogP contribution in [0.1, 0.15) is 73.1 Å². The van der Waals surface area contributed by atoms with Crippen LogP contribution in [0.4, 0.5) is 0 Å². The highest BCUT2D eigenvalue weighted by atomic mass is 16.5. The fourth-order valence-electron chi connectivity index (χ4n) is 2.28. The summed E-state index contributed by atoms with van der Waals surface area (Å²) in [5.41, 5.74) is 5.83. The number of rotatable bonds is 5. The quantitative estimate of drug-likeness (QED) is 0.772. The number of hydrogen-bond acceptors (Lipinski definition) is 3. The molecule has 0 radical (unpaired) electrons. The average molecular weight is 271 g/mol. The molecule has 1 saturated carbocycles. The van der Waals surface area contributed by atoms with Gasteiger partial charge in [0.05, 0.1) is 12.0 Å². The van der Waals surface area contributed by atoms with Crippen LogP contribution in [0.25, 0.3) is 0 Å². The minimum atomic E-state index is -0.00634. The third kappa shape index (κ3) is 8.25. The molecule has 0 aromatic heterocycles. The first-order valence-corrected chi connectivity index (χ1v) is 7.95. The van der Waals surface area contributed by atoms with Crippen molar-refractivity contribution in [2.75, 3.05) is 0 Å². The van der Waals surface area contributed by atoms with Crippen molar-refractivity contribution < 1.29 is 9.53 Å². The molecule has 114 valence electrons. The monoisotopic (exact) mass is 271 g/mol. The van der Waals surface area contributed by atoms with Gasteiger partial charge in [0, 0.05) is 6.04 Å². The van der Waals surface area contributed by atoms with Crippen LogP contribution >= 0.6 is 0 Å². The lowest BCUT2D eigenvalue weighted by Gasteiger charge is -2.26. The van der Waals surface area contributed by atoms with Gasteiger partial charge in [-0.2, -0.15) is 0 Å². The van der Waals surface area contributed by atoms with E-state index in [1.807, 2.05) is 20.8 Å². The van der Waals surface area contributed by atoms with Crippen molar-refractivity contribution in [3.05, 3.63) is 0 Å². The highest BCUT2D eigenvalue weighted by Gasteiger charge is 2.26. The Morgan fingerprint density at radius 2 is 1.63 bits per heavy atom. The zero-order valence-electron chi connectivity index (χ0n) is 13.4. The van der Waals surface area contributed by atoms with Crippen molar-refractivity contribution in [3.8, 4) is 0 Å². The summed E-state index contributed by atoms with van der Waals surface area (Å²) in [7, 11) is 0. The topological polar surface area (TPSA) is 52.3 Å². The summed E-state index contributed by atoms with van der Waals surface area (Å²) in [5, 5.41) is 0. The van der Waals surface area contributed by atoms with Gasteiger partial charge < -0.3 is 10.5 Å². The van der Waals surface area contributed by atoms with E-state index >= 15 is 0 Å². The van der Waals surface area contributed by atoms with Crippen LogP contribution < -0.4 is 5.73 Å². The maximum atomic E-state index is 11.9. The summed E-state index contributed by atoms with van der Waals surface area (Å²) in [5.74, 6) is 0.758. The van der Waals surface area contributed by atoms with Crippen molar-refractivity contribution in [1.82, 2.24) is 0 Å². The van der Waals surface area contributed by atoms with E-state index in [0.29, 0.717) is 5.92 Å². The molecule has 3 heteroatoms. The zero-order chi connectivity index (χ0) is 14.8. The Balaban J connectivity index is 0.00000154. The molecule has 1 aliphatic rings. The summed E-state index contributed by atoms with van der Waals surface area (Å²) < 4.78 is 5.50. The molecule has 2 N–H and O–H groups in total. The van der Waals surface area contributed by atoms with E-state index in [2.05, 4.69) is 13.8 Å². The van der Waals surface area contributed by atoms with Crippen LogP contribution in [-0.2, 0) is 9.53 Å². The maximum Gasteiger partial charge on any atom is 0.309 e. The summed E-state index contributed by atoms with van der Waals surface area (Å²) >= 11 is 0. The molecule has 1 unspecified atom stereocenters. The molecule has 1 atom stereocenters. The van der Waals surface area contributed by atoms with Crippen molar-refractivity contribution in [2.45, 2.75) is 85.3 Å². The smallest absolute Gasteiger partial charge is 0.309 e. The second-order valence-corrected chi connectivity index (χ2v) is 5.83. The summed E-state index contributed by atoms with van der Waals surface area (Å²) in [4.78, 5) is 11.9. The van der Waals surface area contributed by atoms with Gasteiger partial charge in [-0.3, -0.25) is 4.79 Å². The van der Waals surface area contributed by atoms with Gasteiger partial charge in [0.25, 0.3) is 0 Å². The highest BCUT2D eigenvalue weighted by Crippen LogP contribution is 2.25. The van der Waals surface area contributed by atoms with Crippen molar-refractivity contribution in [1.29, 1.82) is 0 Å². The molecule has 1 aliphatic carbocycles. The van der Waals surface area contributed by atoms with Crippen LogP contribution in [0.5, 0.6) is 0 Å². The molecular weight excluding hydrogens is 238 g/mol. The molecule has 19 heavy (non-hydrogen) atoms. The Labute approximate surface area is 119 Å².